The van der Waals surface area contributed by atoms with Gasteiger partial charge in [-0.2, -0.15) is 0 Å². The van der Waals surface area contributed by atoms with Crippen molar-refractivity contribution >= 4 is 34.3 Å². The monoisotopic (exact) mass is 341 g/mol. The van der Waals surface area contributed by atoms with E-state index in [1.807, 2.05) is 62.6 Å². The van der Waals surface area contributed by atoms with E-state index in [9.17, 15) is 4.79 Å². The summed E-state index contributed by atoms with van der Waals surface area (Å²) in [5.41, 5.74) is 2.24. The SMILES string of the molecule is CCOc1ccc2oc(C(=O)Nc3cccc(SC)c3)c(C)c2c1. The van der Waals surface area contributed by atoms with Crippen LogP contribution in [0.25, 0.3) is 11.0 Å². The highest BCUT2D eigenvalue weighted by atomic mass is 32.2. The highest BCUT2D eigenvalue weighted by Gasteiger charge is 2.18. The molecule has 2 aromatic carbocycles. The molecule has 3 rings (SSSR count). The summed E-state index contributed by atoms with van der Waals surface area (Å²) in [6, 6.07) is 13.3. The molecule has 0 saturated carbocycles. The minimum absolute atomic E-state index is 0.250. The molecule has 1 heterocycles. The smallest absolute Gasteiger partial charge is 0.291 e. The molecule has 0 atom stereocenters. The van der Waals surface area contributed by atoms with Crippen LogP contribution in [0.3, 0.4) is 0 Å². The van der Waals surface area contributed by atoms with Gasteiger partial charge in [-0.25, -0.2) is 0 Å². The van der Waals surface area contributed by atoms with Gasteiger partial charge in [0, 0.05) is 21.5 Å². The first kappa shape index (κ1) is 16.5. The molecular formula is C19H19NO3S. The second kappa shape index (κ2) is 7.01. The van der Waals surface area contributed by atoms with Crippen molar-refractivity contribution in [2.45, 2.75) is 18.7 Å². The molecule has 3 aromatic rings. The molecule has 1 amide bonds. The number of carbonyl (C=O) groups excluding carboxylic acids is 1. The minimum Gasteiger partial charge on any atom is -0.494 e. The Labute approximate surface area is 145 Å². The third kappa shape index (κ3) is 3.26. The lowest BCUT2D eigenvalue weighted by Gasteiger charge is -2.05. The van der Waals surface area contributed by atoms with Gasteiger partial charge in [0.2, 0.25) is 0 Å². The van der Waals surface area contributed by atoms with Crippen LogP contribution in [0.2, 0.25) is 0 Å². The molecule has 24 heavy (non-hydrogen) atoms. The van der Waals surface area contributed by atoms with E-state index < -0.39 is 0 Å². The van der Waals surface area contributed by atoms with Gasteiger partial charge in [-0.15, -0.1) is 11.8 Å². The van der Waals surface area contributed by atoms with Gasteiger partial charge >= 0.3 is 0 Å². The average molecular weight is 341 g/mol. The summed E-state index contributed by atoms with van der Waals surface area (Å²) in [5, 5.41) is 3.79. The zero-order chi connectivity index (χ0) is 17.1. The van der Waals surface area contributed by atoms with Crippen LogP contribution in [0.15, 0.2) is 51.8 Å². The Kier molecular flexibility index (Phi) is 4.81. The number of anilines is 1. The predicted octanol–water partition coefficient (Wildman–Crippen LogP) is 5.11. The number of thioether (sulfide) groups is 1. The molecule has 0 fully saturated rings. The number of amides is 1. The van der Waals surface area contributed by atoms with Crippen molar-refractivity contribution in [3.8, 4) is 5.75 Å². The van der Waals surface area contributed by atoms with E-state index in [-0.39, 0.29) is 5.91 Å². The highest BCUT2D eigenvalue weighted by Crippen LogP contribution is 2.29. The van der Waals surface area contributed by atoms with Gasteiger partial charge in [-0.3, -0.25) is 4.79 Å². The van der Waals surface area contributed by atoms with Crippen molar-refractivity contribution in [1.82, 2.24) is 0 Å². The molecule has 5 heteroatoms. The summed E-state index contributed by atoms with van der Waals surface area (Å²) in [5.74, 6) is 0.849. The number of nitrogens with one attached hydrogen (secondary N) is 1. The number of hydrogen-bond acceptors (Lipinski definition) is 4. The predicted molar refractivity (Wildman–Crippen MR) is 98.3 cm³/mol. The fraction of sp³-hybridized carbons (Fsp3) is 0.211. The van der Waals surface area contributed by atoms with E-state index >= 15 is 0 Å². The summed E-state index contributed by atoms with van der Waals surface area (Å²) in [6.07, 6.45) is 2.00. The Balaban J connectivity index is 1.90. The lowest BCUT2D eigenvalue weighted by molar-refractivity contribution is 0.0998. The first-order valence-electron chi connectivity index (χ1n) is 7.73. The molecule has 0 radical (unpaired) electrons. The first-order valence-corrected chi connectivity index (χ1v) is 8.96. The van der Waals surface area contributed by atoms with E-state index in [4.69, 9.17) is 9.15 Å². The Morgan fingerprint density at radius 1 is 1.25 bits per heavy atom. The summed E-state index contributed by atoms with van der Waals surface area (Å²) in [4.78, 5) is 13.7. The van der Waals surface area contributed by atoms with E-state index in [0.717, 1.165) is 27.3 Å². The van der Waals surface area contributed by atoms with Crippen molar-refractivity contribution in [2.75, 3.05) is 18.2 Å². The van der Waals surface area contributed by atoms with Crippen LogP contribution in [0.1, 0.15) is 23.0 Å². The quantitative estimate of drug-likeness (QED) is 0.655. The molecule has 4 nitrogen and oxygen atoms in total. The van der Waals surface area contributed by atoms with Crippen LogP contribution in [0.4, 0.5) is 5.69 Å². The molecule has 124 valence electrons. The maximum Gasteiger partial charge on any atom is 0.291 e. The van der Waals surface area contributed by atoms with Crippen molar-refractivity contribution in [3.63, 3.8) is 0 Å². The number of aryl methyl sites for hydroxylation is 1. The molecular weight excluding hydrogens is 322 g/mol. The standard InChI is InChI=1S/C19H19NO3S/c1-4-22-14-8-9-17-16(11-14)12(2)18(23-17)19(21)20-13-6-5-7-15(10-13)24-3/h5-11H,4H2,1-3H3,(H,20,21). The van der Waals surface area contributed by atoms with Gasteiger partial charge in [-0.1, -0.05) is 6.07 Å². The molecule has 0 bridgehead atoms. The Bertz CT molecular complexity index is 885. The Morgan fingerprint density at radius 2 is 2.08 bits per heavy atom. The van der Waals surface area contributed by atoms with Crippen molar-refractivity contribution in [2.24, 2.45) is 0 Å². The summed E-state index contributed by atoms with van der Waals surface area (Å²) >= 11 is 1.63. The van der Waals surface area contributed by atoms with Gasteiger partial charge in [-0.05, 0) is 56.5 Å². The first-order chi connectivity index (χ1) is 11.6. The van der Waals surface area contributed by atoms with E-state index in [1.165, 1.54) is 0 Å². The van der Waals surface area contributed by atoms with Gasteiger partial charge in [0.05, 0.1) is 6.61 Å². The Hall–Kier alpha value is -2.40. The number of benzene rings is 2. The number of carbonyl (C=O) groups is 1. The van der Waals surface area contributed by atoms with E-state index in [2.05, 4.69) is 5.32 Å². The van der Waals surface area contributed by atoms with Gasteiger partial charge in [0.1, 0.15) is 11.3 Å². The molecule has 0 aliphatic heterocycles. The maximum atomic E-state index is 12.6. The molecule has 1 aromatic heterocycles. The summed E-state index contributed by atoms with van der Waals surface area (Å²) < 4.78 is 11.3. The van der Waals surface area contributed by atoms with Crippen molar-refractivity contribution in [1.29, 1.82) is 0 Å². The number of rotatable bonds is 5. The number of hydrogen-bond donors (Lipinski definition) is 1. The highest BCUT2D eigenvalue weighted by molar-refractivity contribution is 7.98. The molecule has 0 saturated heterocycles. The lowest BCUT2D eigenvalue weighted by atomic mass is 10.1. The fourth-order valence-electron chi connectivity index (χ4n) is 2.56. The summed E-state index contributed by atoms with van der Waals surface area (Å²) in [6.45, 7) is 4.42. The largest absolute Gasteiger partial charge is 0.494 e. The Morgan fingerprint density at radius 3 is 2.83 bits per heavy atom. The van der Waals surface area contributed by atoms with E-state index in [0.29, 0.717) is 18.0 Å². The van der Waals surface area contributed by atoms with Crippen molar-refractivity contribution in [3.05, 3.63) is 53.8 Å². The van der Waals surface area contributed by atoms with Gasteiger partial charge in [0.25, 0.3) is 5.91 Å². The number of ether oxygens (including phenoxy) is 1. The number of furan rings is 1. The fourth-order valence-corrected chi connectivity index (χ4v) is 3.02. The van der Waals surface area contributed by atoms with Crippen LogP contribution in [0, 0.1) is 6.92 Å². The normalized spacial score (nSPS) is 10.8. The molecule has 0 aliphatic carbocycles. The van der Waals surface area contributed by atoms with Gasteiger partial charge < -0.3 is 14.5 Å². The topological polar surface area (TPSA) is 51.5 Å². The zero-order valence-corrected chi connectivity index (χ0v) is 14.7. The van der Waals surface area contributed by atoms with Crippen molar-refractivity contribution < 1.29 is 13.9 Å². The molecule has 1 N–H and O–H groups in total. The molecule has 0 aliphatic rings. The molecule has 0 spiro atoms. The second-order valence-corrected chi connectivity index (χ2v) is 6.21. The molecule has 0 unspecified atom stereocenters. The van der Waals surface area contributed by atoms with Crippen LogP contribution in [-0.2, 0) is 0 Å². The van der Waals surface area contributed by atoms with Crippen LogP contribution < -0.4 is 10.1 Å². The van der Waals surface area contributed by atoms with Crippen LogP contribution in [0.5, 0.6) is 5.75 Å². The van der Waals surface area contributed by atoms with E-state index in [1.54, 1.807) is 11.8 Å². The second-order valence-electron chi connectivity index (χ2n) is 5.33. The third-order valence-electron chi connectivity index (χ3n) is 3.75. The summed E-state index contributed by atoms with van der Waals surface area (Å²) in [7, 11) is 0. The van der Waals surface area contributed by atoms with Gasteiger partial charge in [0.15, 0.2) is 5.76 Å². The third-order valence-corrected chi connectivity index (χ3v) is 4.48. The van der Waals surface area contributed by atoms with Crippen LogP contribution >= 0.6 is 11.8 Å². The average Bonchev–Trinajstić information content (AvgIpc) is 2.92. The van der Waals surface area contributed by atoms with Crippen LogP contribution in [-0.4, -0.2) is 18.8 Å². The maximum absolute atomic E-state index is 12.6. The lowest BCUT2D eigenvalue weighted by Crippen LogP contribution is -2.12. The number of fused-ring (bicyclic) bond motifs is 1. The minimum atomic E-state index is -0.250. The zero-order valence-electron chi connectivity index (χ0n) is 13.9.